The van der Waals surface area contributed by atoms with Crippen LogP contribution in [-0.4, -0.2) is 29.0 Å². The average molecular weight is 297 g/mol. The van der Waals surface area contributed by atoms with Crippen molar-refractivity contribution in [2.45, 2.75) is 20.0 Å². The van der Waals surface area contributed by atoms with Crippen LogP contribution in [0.15, 0.2) is 24.3 Å². The van der Waals surface area contributed by atoms with Gasteiger partial charge in [0.2, 0.25) is 0 Å². The summed E-state index contributed by atoms with van der Waals surface area (Å²) in [5.41, 5.74) is 8.57. The van der Waals surface area contributed by atoms with Gasteiger partial charge in [-0.1, -0.05) is 23.7 Å². The first-order valence-electron chi connectivity index (χ1n) is 5.85. The van der Waals surface area contributed by atoms with Crippen molar-refractivity contribution in [1.29, 1.82) is 0 Å². The van der Waals surface area contributed by atoms with E-state index in [2.05, 4.69) is 9.53 Å². The van der Waals surface area contributed by atoms with Gasteiger partial charge in [0.05, 0.1) is 6.61 Å². The fraction of sp³-hybridized carbons (Fsp3) is 0.308. The molecule has 0 spiro atoms. The number of halogens is 1. The Balaban J connectivity index is 2.76. The summed E-state index contributed by atoms with van der Waals surface area (Å²) >= 11 is 5.75. The van der Waals surface area contributed by atoms with Crippen molar-refractivity contribution < 1.29 is 23.9 Å². The van der Waals surface area contributed by atoms with Crippen LogP contribution in [0.2, 0.25) is 5.02 Å². The largest absolute Gasteiger partial charge is 0.482 e. The van der Waals surface area contributed by atoms with E-state index in [0.29, 0.717) is 10.6 Å². The van der Waals surface area contributed by atoms with Gasteiger partial charge in [-0.25, -0.2) is 9.59 Å². The number of ether oxygens (including phenoxy) is 2. The van der Waals surface area contributed by atoms with Crippen LogP contribution in [0.5, 0.6) is 0 Å². The summed E-state index contributed by atoms with van der Waals surface area (Å²) < 4.78 is 9.59. The Morgan fingerprint density at radius 3 is 2.40 bits per heavy atom. The number of carbonyl (C=O) groups excluding carboxylic acids is 2. The molecule has 6 nitrogen and oxygen atoms in total. The highest BCUT2D eigenvalue weighted by Gasteiger charge is 2.34. The summed E-state index contributed by atoms with van der Waals surface area (Å²) in [5, 5.41) is 0.552. The molecule has 0 aliphatic carbocycles. The first-order chi connectivity index (χ1) is 9.49. The Labute approximate surface area is 120 Å². The first kappa shape index (κ1) is 15.9. The van der Waals surface area contributed by atoms with Gasteiger partial charge in [-0.05, 0) is 31.5 Å². The second-order valence-corrected chi connectivity index (χ2v) is 4.20. The minimum atomic E-state index is -1.06. The van der Waals surface area contributed by atoms with Gasteiger partial charge in [0, 0.05) is 5.02 Å². The molecule has 0 N–H and O–H groups in total. The van der Waals surface area contributed by atoms with Gasteiger partial charge >= 0.3 is 17.7 Å². The van der Waals surface area contributed by atoms with Crippen LogP contribution in [0.4, 0.5) is 0 Å². The molecule has 0 radical (unpaired) electrons. The summed E-state index contributed by atoms with van der Waals surface area (Å²) in [7, 11) is 0. The standard InChI is InChI=1S/C13H13ClN2O4/c1-3-19-12(17)11(16-15)13(18)20-8(2)9-4-6-10(14)7-5-9/h4-8H,3H2,1-2H3. The SMILES string of the molecule is CCOC(=O)C(=[N+]=[N-])C(=O)OC(C)c1ccc(Cl)cc1. The maximum Gasteiger partial charge on any atom is 0.482 e. The van der Waals surface area contributed by atoms with Crippen molar-refractivity contribution in [2.24, 2.45) is 0 Å². The normalized spacial score (nSPS) is 11.2. The van der Waals surface area contributed by atoms with E-state index in [1.54, 1.807) is 38.1 Å². The Hall–Kier alpha value is -2.17. The van der Waals surface area contributed by atoms with E-state index in [1.165, 1.54) is 0 Å². The molecule has 1 atom stereocenters. The summed E-state index contributed by atoms with van der Waals surface area (Å²) in [4.78, 5) is 25.7. The number of benzene rings is 1. The molecule has 1 aromatic carbocycles. The third-order valence-corrected chi connectivity index (χ3v) is 2.64. The van der Waals surface area contributed by atoms with Crippen molar-refractivity contribution in [2.75, 3.05) is 6.61 Å². The summed E-state index contributed by atoms with van der Waals surface area (Å²) in [5.74, 6) is -2.10. The zero-order valence-corrected chi connectivity index (χ0v) is 11.8. The van der Waals surface area contributed by atoms with Crippen LogP contribution >= 0.6 is 11.6 Å². The predicted molar refractivity (Wildman–Crippen MR) is 71.2 cm³/mol. The van der Waals surface area contributed by atoms with Crippen molar-refractivity contribution in [3.05, 3.63) is 40.4 Å². The monoisotopic (exact) mass is 296 g/mol. The number of nitrogens with zero attached hydrogens (tertiary/aromatic N) is 2. The van der Waals surface area contributed by atoms with Crippen molar-refractivity contribution in [3.63, 3.8) is 0 Å². The van der Waals surface area contributed by atoms with E-state index in [9.17, 15) is 9.59 Å². The molecule has 7 heteroatoms. The number of hydrogen-bond acceptors (Lipinski definition) is 4. The molecule has 1 unspecified atom stereocenters. The van der Waals surface area contributed by atoms with E-state index in [4.69, 9.17) is 21.9 Å². The van der Waals surface area contributed by atoms with Crippen molar-refractivity contribution >= 4 is 29.3 Å². The van der Waals surface area contributed by atoms with Crippen LogP contribution in [0, 0.1) is 0 Å². The van der Waals surface area contributed by atoms with Gasteiger partial charge in [-0.2, -0.15) is 4.79 Å². The molecule has 106 valence electrons. The lowest BCUT2D eigenvalue weighted by atomic mass is 10.1. The molecule has 0 saturated carbocycles. The van der Waals surface area contributed by atoms with Crippen LogP contribution in [0.3, 0.4) is 0 Å². The molecular weight excluding hydrogens is 284 g/mol. The van der Waals surface area contributed by atoms with E-state index in [-0.39, 0.29) is 6.61 Å². The fourth-order valence-corrected chi connectivity index (χ4v) is 1.51. The molecule has 0 amide bonds. The fourth-order valence-electron chi connectivity index (χ4n) is 1.38. The molecule has 0 aliphatic rings. The number of rotatable bonds is 5. The third kappa shape index (κ3) is 4.19. The van der Waals surface area contributed by atoms with Gasteiger partial charge in [0.15, 0.2) is 0 Å². The van der Waals surface area contributed by atoms with Crippen LogP contribution in [0.25, 0.3) is 5.53 Å². The van der Waals surface area contributed by atoms with E-state index in [0.717, 1.165) is 0 Å². The Morgan fingerprint density at radius 2 is 1.90 bits per heavy atom. The highest BCUT2D eigenvalue weighted by molar-refractivity contribution is 6.60. The highest BCUT2D eigenvalue weighted by Crippen LogP contribution is 2.19. The molecule has 20 heavy (non-hydrogen) atoms. The van der Waals surface area contributed by atoms with Crippen LogP contribution < -0.4 is 0 Å². The van der Waals surface area contributed by atoms with Gasteiger partial charge in [0.1, 0.15) is 6.10 Å². The predicted octanol–water partition coefficient (Wildman–Crippen LogP) is 2.18. The smallest absolute Gasteiger partial charge is 0.457 e. The second kappa shape index (κ2) is 7.43. The Kier molecular flexibility index (Phi) is 5.90. The number of carbonyl (C=O) groups is 2. The van der Waals surface area contributed by atoms with Crippen molar-refractivity contribution in [1.82, 2.24) is 0 Å². The van der Waals surface area contributed by atoms with Gasteiger partial charge < -0.3 is 15.0 Å². The lowest BCUT2D eigenvalue weighted by Gasteiger charge is -2.11. The van der Waals surface area contributed by atoms with Gasteiger partial charge in [-0.3, -0.25) is 0 Å². The molecular formula is C13H13ClN2O4. The average Bonchev–Trinajstić information content (AvgIpc) is 2.40. The summed E-state index contributed by atoms with van der Waals surface area (Å²) in [6, 6.07) is 6.65. The maximum absolute atomic E-state index is 11.7. The maximum atomic E-state index is 11.7. The Morgan fingerprint density at radius 1 is 1.30 bits per heavy atom. The molecule has 0 aromatic heterocycles. The van der Waals surface area contributed by atoms with Gasteiger partial charge in [0.25, 0.3) is 0 Å². The zero-order valence-electron chi connectivity index (χ0n) is 11.0. The van der Waals surface area contributed by atoms with Crippen molar-refractivity contribution in [3.8, 4) is 0 Å². The topological polar surface area (TPSA) is 89.0 Å². The Bertz CT molecular complexity index is 550. The second-order valence-electron chi connectivity index (χ2n) is 3.77. The highest BCUT2D eigenvalue weighted by atomic mass is 35.5. The first-order valence-corrected chi connectivity index (χ1v) is 6.23. The zero-order chi connectivity index (χ0) is 15.1. The third-order valence-electron chi connectivity index (χ3n) is 2.39. The van der Waals surface area contributed by atoms with E-state index >= 15 is 0 Å². The summed E-state index contributed by atoms with van der Waals surface area (Å²) in [6.45, 7) is 3.23. The van der Waals surface area contributed by atoms with E-state index in [1.807, 2.05) is 0 Å². The van der Waals surface area contributed by atoms with Gasteiger partial charge in [-0.15, -0.1) is 0 Å². The number of esters is 2. The minimum absolute atomic E-state index is 0.0534. The summed E-state index contributed by atoms with van der Waals surface area (Å²) in [6.07, 6.45) is -0.633. The lowest BCUT2D eigenvalue weighted by Crippen LogP contribution is -2.29. The lowest BCUT2D eigenvalue weighted by molar-refractivity contribution is -0.151. The molecule has 1 rings (SSSR count). The minimum Gasteiger partial charge on any atom is -0.457 e. The molecule has 0 heterocycles. The quantitative estimate of drug-likeness (QED) is 0.274. The van der Waals surface area contributed by atoms with Crippen LogP contribution in [0.1, 0.15) is 25.5 Å². The van der Waals surface area contributed by atoms with Crippen LogP contribution in [-0.2, 0) is 19.1 Å². The number of hydrogen-bond donors (Lipinski definition) is 0. The molecule has 0 aliphatic heterocycles. The molecule has 0 fully saturated rings. The van der Waals surface area contributed by atoms with E-state index < -0.39 is 23.8 Å². The molecule has 0 bridgehead atoms. The molecule has 1 aromatic rings. The molecule has 0 saturated heterocycles.